The van der Waals surface area contributed by atoms with E-state index in [0.717, 1.165) is 34.3 Å². The van der Waals surface area contributed by atoms with Gasteiger partial charge in [0.2, 0.25) is 15.9 Å². The molecule has 1 aromatic heterocycles. The number of carbonyl (C=O) groups is 1. The predicted octanol–water partition coefficient (Wildman–Crippen LogP) is 2.39. The summed E-state index contributed by atoms with van der Waals surface area (Å²) in [5.74, 6) is 0.173. The lowest BCUT2D eigenvalue weighted by Crippen LogP contribution is -2.50. The number of ether oxygens (including phenoxy) is 1. The monoisotopic (exact) mass is 431 g/mol. The highest BCUT2D eigenvalue weighted by Gasteiger charge is 2.30. The summed E-state index contributed by atoms with van der Waals surface area (Å²) in [4.78, 5) is 17.7. The minimum Gasteiger partial charge on any atom is -0.497 e. The van der Waals surface area contributed by atoms with Crippen molar-refractivity contribution >= 4 is 26.8 Å². The van der Waals surface area contributed by atoms with Crippen molar-refractivity contribution in [3.05, 3.63) is 60.0 Å². The van der Waals surface area contributed by atoms with Crippen LogP contribution in [0.5, 0.6) is 5.75 Å². The van der Waals surface area contributed by atoms with Crippen LogP contribution in [0.3, 0.4) is 0 Å². The molecular weight excluding hydrogens is 409 g/mol. The van der Waals surface area contributed by atoms with Gasteiger partial charge in [-0.05, 0) is 48.0 Å². The lowest BCUT2D eigenvalue weighted by atomic mass is 10.1. The van der Waals surface area contributed by atoms with Gasteiger partial charge in [-0.15, -0.1) is 0 Å². The van der Waals surface area contributed by atoms with E-state index in [9.17, 15) is 17.6 Å². The molecule has 1 aliphatic rings. The molecule has 0 spiro atoms. The smallest absolute Gasteiger partial charge is 0.243 e. The molecule has 0 atom stereocenters. The normalized spacial score (nSPS) is 15.5. The van der Waals surface area contributed by atoms with Gasteiger partial charge in [-0.25, -0.2) is 12.8 Å². The molecule has 3 aromatic rings. The highest BCUT2D eigenvalue weighted by Crippen LogP contribution is 2.25. The van der Waals surface area contributed by atoms with Gasteiger partial charge < -0.3 is 14.6 Å². The molecule has 1 N–H and O–H groups in total. The van der Waals surface area contributed by atoms with Crippen molar-refractivity contribution < 1.29 is 22.3 Å². The number of hydrogen-bond acceptors (Lipinski definition) is 4. The molecule has 0 saturated carbocycles. The second kappa shape index (κ2) is 8.08. The van der Waals surface area contributed by atoms with Crippen LogP contribution >= 0.6 is 0 Å². The summed E-state index contributed by atoms with van der Waals surface area (Å²) in [6, 6.07) is 10.4. The minimum atomic E-state index is -3.70. The molecule has 0 radical (unpaired) electrons. The molecule has 158 valence electrons. The third kappa shape index (κ3) is 3.90. The van der Waals surface area contributed by atoms with Crippen LogP contribution in [0.4, 0.5) is 4.39 Å². The number of nitrogens with zero attached hydrogens (tertiary/aromatic N) is 2. The summed E-state index contributed by atoms with van der Waals surface area (Å²) in [5.41, 5.74) is 1.80. The Hall–Kier alpha value is -2.91. The Labute approximate surface area is 174 Å². The van der Waals surface area contributed by atoms with Crippen LogP contribution in [0.2, 0.25) is 0 Å². The number of halogens is 1. The van der Waals surface area contributed by atoms with Crippen molar-refractivity contribution in [3.8, 4) is 5.75 Å². The Balaban J connectivity index is 1.42. The molecule has 1 amide bonds. The third-order valence-corrected chi connectivity index (χ3v) is 7.27. The molecule has 4 rings (SSSR count). The second-order valence-electron chi connectivity index (χ2n) is 7.14. The van der Waals surface area contributed by atoms with Crippen LogP contribution < -0.4 is 4.74 Å². The third-order valence-electron chi connectivity index (χ3n) is 5.36. The molecule has 7 nitrogen and oxygen atoms in total. The molecule has 0 aliphatic carbocycles. The van der Waals surface area contributed by atoms with Gasteiger partial charge in [0.05, 0.1) is 18.4 Å². The zero-order chi connectivity index (χ0) is 21.3. The number of nitrogens with one attached hydrogen (secondary N) is 1. The zero-order valence-corrected chi connectivity index (χ0v) is 17.3. The number of H-pyrrole nitrogens is 1. The number of methoxy groups -OCH3 is 1. The van der Waals surface area contributed by atoms with Gasteiger partial charge in [0.25, 0.3) is 0 Å². The van der Waals surface area contributed by atoms with Crippen molar-refractivity contribution in [3.63, 3.8) is 0 Å². The van der Waals surface area contributed by atoms with E-state index in [4.69, 9.17) is 4.74 Å². The molecule has 0 unspecified atom stereocenters. The van der Waals surface area contributed by atoms with E-state index < -0.39 is 15.8 Å². The quantitative estimate of drug-likeness (QED) is 0.673. The van der Waals surface area contributed by atoms with Crippen molar-refractivity contribution in [1.82, 2.24) is 14.2 Å². The topological polar surface area (TPSA) is 82.7 Å². The van der Waals surface area contributed by atoms with Gasteiger partial charge in [0.15, 0.2) is 0 Å². The Morgan fingerprint density at radius 3 is 2.47 bits per heavy atom. The first-order valence-electron chi connectivity index (χ1n) is 9.56. The molecule has 1 aliphatic heterocycles. The fourth-order valence-corrected chi connectivity index (χ4v) is 5.06. The molecule has 2 aromatic carbocycles. The minimum absolute atomic E-state index is 0.0522. The van der Waals surface area contributed by atoms with Crippen molar-refractivity contribution in [2.24, 2.45) is 0 Å². The summed E-state index contributed by atoms with van der Waals surface area (Å²) in [7, 11) is -2.11. The van der Waals surface area contributed by atoms with Gasteiger partial charge in [0.1, 0.15) is 11.6 Å². The SMILES string of the molecule is COc1ccc2[nH]cc(CC(=O)N3CCN(S(=O)(=O)c4ccc(F)cc4)CC3)c2c1. The molecule has 1 fully saturated rings. The van der Waals surface area contributed by atoms with Crippen molar-refractivity contribution in [2.75, 3.05) is 33.3 Å². The summed E-state index contributed by atoms with van der Waals surface area (Å²) in [6.45, 7) is 1.02. The average Bonchev–Trinajstić information content (AvgIpc) is 3.16. The lowest BCUT2D eigenvalue weighted by Gasteiger charge is -2.34. The van der Waals surface area contributed by atoms with Gasteiger partial charge in [-0.1, -0.05) is 0 Å². The predicted molar refractivity (Wildman–Crippen MR) is 110 cm³/mol. The summed E-state index contributed by atoms with van der Waals surface area (Å²) < 4.78 is 45.1. The van der Waals surface area contributed by atoms with E-state index in [-0.39, 0.29) is 30.3 Å². The number of rotatable bonds is 5. The molecule has 0 bridgehead atoms. The molecule has 9 heteroatoms. The number of piperazine rings is 1. The van der Waals surface area contributed by atoms with Gasteiger partial charge >= 0.3 is 0 Å². The maximum atomic E-state index is 13.1. The number of hydrogen-bond donors (Lipinski definition) is 1. The second-order valence-corrected chi connectivity index (χ2v) is 9.08. The number of aromatic amines is 1. The lowest BCUT2D eigenvalue weighted by molar-refractivity contribution is -0.131. The molecule has 2 heterocycles. The Bertz CT molecular complexity index is 1170. The molecular formula is C21H22FN3O4S. The van der Waals surface area contributed by atoms with E-state index in [1.807, 2.05) is 24.4 Å². The summed E-state index contributed by atoms with van der Waals surface area (Å²) >= 11 is 0. The van der Waals surface area contributed by atoms with Crippen LogP contribution in [0, 0.1) is 5.82 Å². The number of sulfonamides is 1. The fourth-order valence-electron chi connectivity index (χ4n) is 3.64. The van der Waals surface area contributed by atoms with Crippen LogP contribution in [-0.4, -0.2) is 61.8 Å². The van der Waals surface area contributed by atoms with Crippen LogP contribution in [0.15, 0.2) is 53.6 Å². The van der Waals surface area contributed by atoms with E-state index in [0.29, 0.717) is 13.1 Å². The zero-order valence-electron chi connectivity index (χ0n) is 16.5. The number of amides is 1. The van der Waals surface area contributed by atoms with Gasteiger partial charge in [-0.2, -0.15) is 4.31 Å². The number of aromatic nitrogens is 1. The Morgan fingerprint density at radius 1 is 1.10 bits per heavy atom. The summed E-state index contributed by atoms with van der Waals surface area (Å²) in [5, 5.41) is 0.931. The number of benzene rings is 2. The van der Waals surface area contributed by atoms with Gasteiger partial charge in [0, 0.05) is 43.3 Å². The van der Waals surface area contributed by atoms with Crippen LogP contribution in [0.1, 0.15) is 5.56 Å². The maximum absolute atomic E-state index is 13.1. The van der Waals surface area contributed by atoms with Crippen molar-refractivity contribution in [2.45, 2.75) is 11.3 Å². The van der Waals surface area contributed by atoms with Gasteiger partial charge in [-0.3, -0.25) is 4.79 Å². The van der Waals surface area contributed by atoms with E-state index in [1.165, 1.54) is 16.4 Å². The van der Waals surface area contributed by atoms with Crippen LogP contribution in [0.25, 0.3) is 10.9 Å². The van der Waals surface area contributed by atoms with Crippen LogP contribution in [-0.2, 0) is 21.2 Å². The Morgan fingerprint density at radius 2 is 1.80 bits per heavy atom. The van der Waals surface area contributed by atoms with E-state index in [2.05, 4.69) is 4.98 Å². The highest BCUT2D eigenvalue weighted by atomic mass is 32.2. The number of carbonyl (C=O) groups excluding carboxylic acids is 1. The first-order chi connectivity index (χ1) is 14.4. The first kappa shape index (κ1) is 20.4. The van der Waals surface area contributed by atoms with Crippen molar-refractivity contribution in [1.29, 1.82) is 0 Å². The Kier molecular flexibility index (Phi) is 5.48. The fraction of sp³-hybridized carbons (Fsp3) is 0.286. The average molecular weight is 431 g/mol. The number of fused-ring (bicyclic) bond motifs is 1. The first-order valence-corrected chi connectivity index (χ1v) is 11.0. The molecule has 30 heavy (non-hydrogen) atoms. The highest BCUT2D eigenvalue weighted by molar-refractivity contribution is 7.89. The maximum Gasteiger partial charge on any atom is 0.243 e. The summed E-state index contributed by atoms with van der Waals surface area (Å²) in [6.07, 6.45) is 2.04. The molecule has 1 saturated heterocycles. The standard InChI is InChI=1S/C21H22FN3O4S/c1-29-17-4-7-20-19(13-17)15(14-23-20)12-21(26)24-8-10-25(11-9-24)30(27,28)18-5-2-16(22)3-6-18/h2-7,13-14,23H,8-12H2,1H3. The largest absolute Gasteiger partial charge is 0.497 e. The van der Waals surface area contributed by atoms with E-state index in [1.54, 1.807) is 12.0 Å². The van der Waals surface area contributed by atoms with E-state index >= 15 is 0 Å².